The van der Waals surface area contributed by atoms with E-state index in [1.165, 1.54) is 24.3 Å². The first-order valence-corrected chi connectivity index (χ1v) is 4.71. The third-order valence-electron chi connectivity index (χ3n) is 1.08. The highest BCUT2D eigenvalue weighted by Gasteiger charge is 2.04. The molecule has 1 aromatic carbocycles. The summed E-state index contributed by atoms with van der Waals surface area (Å²) in [6.07, 6.45) is 0. The van der Waals surface area contributed by atoms with E-state index >= 15 is 0 Å². The molecule has 1 rings (SSSR count). The number of halogens is 2. The van der Waals surface area contributed by atoms with Crippen molar-refractivity contribution in [3.63, 3.8) is 0 Å². The lowest BCUT2D eigenvalue weighted by atomic mass is 10.3. The van der Waals surface area contributed by atoms with Crippen molar-refractivity contribution >= 4 is 27.7 Å². The highest BCUT2D eigenvalue weighted by Crippen LogP contribution is 2.14. The van der Waals surface area contributed by atoms with E-state index in [-0.39, 0.29) is 5.69 Å². The average Bonchev–Trinajstić information content (AvgIpc) is 1.91. The highest BCUT2D eigenvalue weighted by molar-refractivity contribution is 7.87. The largest absolute Gasteiger partial charge is 0.396 e. The molecule has 0 unspecified atom stereocenters. The molecule has 0 saturated heterocycles. The van der Waals surface area contributed by atoms with Gasteiger partial charge in [-0.25, -0.2) is 0 Å². The van der Waals surface area contributed by atoms with Gasteiger partial charge in [-0.3, -0.25) is 4.72 Å². The monoisotopic (exact) mass is 209 g/mol. The Morgan fingerprint density at radius 3 is 2.17 bits per heavy atom. The minimum atomic E-state index is -4.68. The van der Waals surface area contributed by atoms with Gasteiger partial charge in [0, 0.05) is 5.02 Å². The van der Waals surface area contributed by atoms with E-state index in [1.54, 1.807) is 4.72 Å². The summed E-state index contributed by atoms with van der Waals surface area (Å²) in [5, 5.41) is 0.455. The lowest BCUT2D eigenvalue weighted by molar-refractivity contribution is 0.558. The van der Waals surface area contributed by atoms with E-state index in [0.29, 0.717) is 5.02 Å². The van der Waals surface area contributed by atoms with Gasteiger partial charge in [0.1, 0.15) is 0 Å². The van der Waals surface area contributed by atoms with E-state index in [1.807, 2.05) is 0 Å². The van der Waals surface area contributed by atoms with Crippen LogP contribution in [0, 0.1) is 0 Å². The number of rotatable bonds is 2. The second-order valence-electron chi connectivity index (χ2n) is 2.05. The van der Waals surface area contributed by atoms with Crippen LogP contribution in [0.15, 0.2) is 24.3 Å². The maximum Gasteiger partial charge on any atom is 0.396 e. The fourth-order valence-electron chi connectivity index (χ4n) is 0.659. The zero-order valence-corrected chi connectivity index (χ0v) is 7.36. The summed E-state index contributed by atoms with van der Waals surface area (Å²) in [4.78, 5) is 0. The van der Waals surface area contributed by atoms with Crippen LogP contribution >= 0.6 is 11.6 Å². The normalized spacial score (nSPS) is 11.2. The standard InChI is InChI=1S/C6H5ClFNO2S/c7-5-1-3-6(4-2-5)9-12(8,10)11/h1-4,9H. The van der Waals surface area contributed by atoms with Crippen LogP contribution in [-0.2, 0) is 10.4 Å². The van der Waals surface area contributed by atoms with Gasteiger partial charge in [-0.15, -0.1) is 0 Å². The quantitative estimate of drug-likeness (QED) is 0.757. The molecule has 0 spiro atoms. The molecule has 0 aliphatic carbocycles. The summed E-state index contributed by atoms with van der Waals surface area (Å²) in [6.45, 7) is 0. The van der Waals surface area contributed by atoms with Gasteiger partial charge >= 0.3 is 10.4 Å². The molecule has 0 aliphatic heterocycles. The number of hydrogen-bond donors (Lipinski definition) is 1. The van der Waals surface area contributed by atoms with Crippen molar-refractivity contribution in [2.75, 3.05) is 4.72 Å². The fourth-order valence-corrected chi connectivity index (χ4v) is 1.20. The second kappa shape index (κ2) is 3.28. The summed E-state index contributed by atoms with van der Waals surface area (Å²) < 4.78 is 33.8. The maximum atomic E-state index is 12.0. The second-order valence-corrected chi connectivity index (χ2v) is 3.56. The molecule has 1 aromatic rings. The smallest absolute Gasteiger partial charge is 0.257 e. The summed E-state index contributed by atoms with van der Waals surface area (Å²) in [6, 6.07) is 5.63. The fraction of sp³-hybridized carbons (Fsp3) is 0. The minimum Gasteiger partial charge on any atom is -0.257 e. The van der Waals surface area contributed by atoms with E-state index in [4.69, 9.17) is 11.6 Å². The van der Waals surface area contributed by atoms with Crippen LogP contribution in [-0.4, -0.2) is 8.42 Å². The van der Waals surface area contributed by atoms with Gasteiger partial charge in [0.25, 0.3) is 0 Å². The van der Waals surface area contributed by atoms with Gasteiger partial charge in [0.2, 0.25) is 0 Å². The first kappa shape index (κ1) is 9.28. The Bertz CT molecular complexity index is 362. The Morgan fingerprint density at radius 1 is 1.25 bits per heavy atom. The van der Waals surface area contributed by atoms with Crippen molar-refractivity contribution in [1.29, 1.82) is 0 Å². The van der Waals surface area contributed by atoms with Crippen molar-refractivity contribution in [3.8, 4) is 0 Å². The molecule has 12 heavy (non-hydrogen) atoms. The molecule has 0 radical (unpaired) electrons. The predicted molar refractivity (Wildman–Crippen MR) is 45.1 cm³/mol. The Hall–Kier alpha value is -0.810. The Morgan fingerprint density at radius 2 is 1.75 bits per heavy atom. The average molecular weight is 210 g/mol. The van der Waals surface area contributed by atoms with Gasteiger partial charge in [0.05, 0.1) is 5.69 Å². The lowest BCUT2D eigenvalue weighted by Crippen LogP contribution is -2.04. The summed E-state index contributed by atoms with van der Waals surface area (Å²) in [5.41, 5.74) is 0.141. The molecule has 1 N–H and O–H groups in total. The zero-order chi connectivity index (χ0) is 9.19. The molecule has 6 heteroatoms. The molecule has 66 valence electrons. The van der Waals surface area contributed by atoms with Crippen LogP contribution in [0.3, 0.4) is 0 Å². The Kier molecular flexibility index (Phi) is 2.54. The van der Waals surface area contributed by atoms with Crippen LogP contribution < -0.4 is 4.72 Å². The molecule has 3 nitrogen and oxygen atoms in total. The van der Waals surface area contributed by atoms with Crippen molar-refractivity contribution in [2.24, 2.45) is 0 Å². The van der Waals surface area contributed by atoms with Crippen molar-refractivity contribution in [2.45, 2.75) is 0 Å². The highest BCUT2D eigenvalue weighted by atomic mass is 35.5. The summed E-state index contributed by atoms with van der Waals surface area (Å²) in [5.74, 6) is 0. The van der Waals surface area contributed by atoms with Gasteiger partial charge in [0.15, 0.2) is 0 Å². The van der Waals surface area contributed by atoms with Gasteiger partial charge < -0.3 is 0 Å². The van der Waals surface area contributed by atoms with E-state index in [2.05, 4.69) is 0 Å². The first-order chi connectivity index (χ1) is 5.47. The summed E-state index contributed by atoms with van der Waals surface area (Å²) >= 11 is 5.51. The Balaban J connectivity index is 2.85. The Labute approximate surface area is 74.5 Å². The molecular weight excluding hydrogens is 205 g/mol. The molecule has 0 bridgehead atoms. The molecular formula is C6H5ClFNO2S. The number of nitrogens with one attached hydrogen (secondary N) is 1. The van der Waals surface area contributed by atoms with Crippen LogP contribution in [0.4, 0.5) is 9.57 Å². The van der Waals surface area contributed by atoms with Crippen molar-refractivity contribution in [3.05, 3.63) is 29.3 Å². The van der Waals surface area contributed by atoms with Crippen LogP contribution in [0.2, 0.25) is 5.02 Å². The third-order valence-corrected chi connectivity index (χ3v) is 1.82. The van der Waals surface area contributed by atoms with Crippen LogP contribution in [0.5, 0.6) is 0 Å². The number of anilines is 1. The maximum absolute atomic E-state index is 12.0. The van der Waals surface area contributed by atoms with Gasteiger partial charge in [-0.05, 0) is 24.3 Å². The van der Waals surface area contributed by atoms with Gasteiger partial charge in [-0.2, -0.15) is 8.42 Å². The van der Waals surface area contributed by atoms with Gasteiger partial charge in [-0.1, -0.05) is 15.5 Å². The van der Waals surface area contributed by atoms with E-state index in [0.717, 1.165) is 0 Å². The van der Waals surface area contributed by atoms with Crippen LogP contribution in [0.1, 0.15) is 0 Å². The number of benzene rings is 1. The van der Waals surface area contributed by atoms with Crippen molar-refractivity contribution in [1.82, 2.24) is 0 Å². The topological polar surface area (TPSA) is 46.2 Å². The molecule has 0 atom stereocenters. The molecule has 0 amide bonds. The van der Waals surface area contributed by atoms with Crippen LogP contribution in [0.25, 0.3) is 0 Å². The third kappa shape index (κ3) is 3.06. The SMILES string of the molecule is O=S(=O)(F)Nc1ccc(Cl)cc1. The van der Waals surface area contributed by atoms with Crippen molar-refractivity contribution < 1.29 is 12.3 Å². The zero-order valence-electron chi connectivity index (χ0n) is 5.79. The minimum absolute atomic E-state index is 0.141. The van der Waals surface area contributed by atoms with E-state index in [9.17, 15) is 12.3 Å². The molecule has 0 aliphatic rings. The lowest BCUT2D eigenvalue weighted by Gasteiger charge is -1.99. The summed E-state index contributed by atoms with van der Waals surface area (Å²) in [7, 11) is -4.68. The molecule has 0 fully saturated rings. The molecule has 0 heterocycles. The number of hydrogen-bond acceptors (Lipinski definition) is 2. The first-order valence-electron chi connectivity index (χ1n) is 2.95. The van der Waals surface area contributed by atoms with E-state index < -0.39 is 10.4 Å². The molecule has 0 aromatic heterocycles. The molecule has 0 saturated carbocycles. The predicted octanol–water partition coefficient (Wildman–Crippen LogP) is 1.97.